The van der Waals surface area contributed by atoms with E-state index in [-0.39, 0.29) is 18.9 Å². The molecule has 0 radical (unpaired) electrons. The molecule has 0 bridgehead atoms. The second-order valence-electron chi connectivity index (χ2n) is 7.79. The number of nitrogens with zero attached hydrogens (tertiary/aromatic N) is 1. The van der Waals surface area contributed by atoms with Crippen LogP contribution in [0.3, 0.4) is 0 Å². The molecule has 0 saturated carbocycles. The van der Waals surface area contributed by atoms with Gasteiger partial charge in [-0.1, -0.05) is 48.5 Å². The molecule has 1 aromatic heterocycles. The number of hydrogen-bond acceptors (Lipinski definition) is 5. The molecule has 4 rings (SSSR count). The third-order valence-electron chi connectivity index (χ3n) is 5.50. The van der Waals surface area contributed by atoms with E-state index in [9.17, 15) is 14.4 Å². The number of pyridine rings is 1. The van der Waals surface area contributed by atoms with Crippen LogP contribution in [0.4, 0.5) is 10.5 Å². The fourth-order valence-corrected chi connectivity index (χ4v) is 3.89. The molecule has 8 heteroatoms. The molecule has 1 aliphatic carbocycles. The van der Waals surface area contributed by atoms with Crippen molar-refractivity contribution in [3.05, 3.63) is 83.7 Å². The van der Waals surface area contributed by atoms with Crippen molar-refractivity contribution >= 4 is 23.7 Å². The molecular weight excluding hydrogens is 422 g/mol. The van der Waals surface area contributed by atoms with Gasteiger partial charge in [-0.2, -0.15) is 0 Å². The second-order valence-corrected chi connectivity index (χ2v) is 7.79. The van der Waals surface area contributed by atoms with Gasteiger partial charge >= 0.3 is 12.1 Å². The number of nitrogens with one attached hydrogen (secondary N) is 2. The van der Waals surface area contributed by atoms with Crippen molar-refractivity contribution in [2.75, 3.05) is 11.9 Å². The van der Waals surface area contributed by atoms with E-state index in [1.165, 1.54) is 12.3 Å². The van der Waals surface area contributed by atoms with Gasteiger partial charge in [0.2, 0.25) is 5.91 Å². The summed E-state index contributed by atoms with van der Waals surface area (Å²) in [5.41, 5.74) is 5.27. The first-order valence-electron chi connectivity index (χ1n) is 10.5. The quantitative estimate of drug-likeness (QED) is 0.512. The highest BCUT2D eigenvalue weighted by Gasteiger charge is 2.29. The molecule has 3 aromatic rings. The van der Waals surface area contributed by atoms with Crippen LogP contribution in [0.2, 0.25) is 0 Å². The summed E-state index contributed by atoms with van der Waals surface area (Å²) in [6, 6.07) is 18.3. The summed E-state index contributed by atoms with van der Waals surface area (Å²) in [5, 5.41) is 14.0. The fourth-order valence-electron chi connectivity index (χ4n) is 3.89. The van der Waals surface area contributed by atoms with Crippen molar-refractivity contribution in [3.63, 3.8) is 0 Å². The predicted octanol–water partition coefficient (Wildman–Crippen LogP) is 3.57. The molecule has 1 unspecified atom stereocenters. The molecule has 168 valence electrons. The average molecular weight is 445 g/mol. The van der Waals surface area contributed by atoms with Gasteiger partial charge in [0.05, 0.1) is 24.0 Å². The lowest BCUT2D eigenvalue weighted by atomic mass is 9.98. The summed E-state index contributed by atoms with van der Waals surface area (Å²) in [6.45, 7) is 1.70. The summed E-state index contributed by atoms with van der Waals surface area (Å²) < 4.78 is 5.47. The molecule has 2 aromatic carbocycles. The van der Waals surface area contributed by atoms with Crippen molar-refractivity contribution in [1.82, 2.24) is 10.3 Å². The first-order chi connectivity index (χ1) is 15.9. The SMILES string of the molecule is CC(NC(=O)OCC1c2ccccc2-c2ccccc21)C(=O)Nc1ccc(CC(=O)O)nc1. The molecule has 33 heavy (non-hydrogen) atoms. The number of aromatic nitrogens is 1. The van der Waals surface area contributed by atoms with Gasteiger partial charge in [0.15, 0.2) is 0 Å². The van der Waals surface area contributed by atoms with Crippen LogP contribution in [0.25, 0.3) is 11.1 Å². The number of benzene rings is 2. The number of carbonyl (C=O) groups is 3. The predicted molar refractivity (Wildman–Crippen MR) is 122 cm³/mol. The lowest BCUT2D eigenvalue weighted by Gasteiger charge is -2.17. The standard InChI is InChI=1S/C25H23N3O5/c1-15(24(31)28-17-11-10-16(26-13-17)12-23(29)30)27-25(32)33-14-22-20-8-4-2-6-18(20)19-7-3-5-9-21(19)22/h2-11,13,15,22H,12,14H2,1H3,(H,27,32)(H,28,31)(H,29,30). The second kappa shape index (κ2) is 9.52. The third-order valence-corrected chi connectivity index (χ3v) is 5.50. The number of amides is 2. The van der Waals surface area contributed by atoms with Gasteiger partial charge < -0.3 is 20.5 Å². The molecule has 0 aliphatic heterocycles. The Kier molecular flexibility index (Phi) is 6.35. The zero-order valence-corrected chi connectivity index (χ0v) is 17.9. The summed E-state index contributed by atoms with van der Waals surface area (Å²) in [4.78, 5) is 39.5. The van der Waals surface area contributed by atoms with Crippen molar-refractivity contribution < 1.29 is 24.2 Å². The topological polar surface area (TPSA) is 118 Å². The number of carbonyl (C=O) groups excluding carboxylic acids is 2. The van der Waals surface area contributed by atoms with Crippen molar-refractivity contribution in [2.24, 2.45) is 0 Å². The van der Waals surface area contributed by atoms with Crippen molar-refractivity contribution in [1.29, 1.82) is 0 Å². The van der Waals surface area contributed by atoms with E-state index in [4.69, 9.17) is 9.84 Å². The number of carboxylic acid groups (broad SMARTS) is 1. The number of ether oxygens (including phenoxy) is 1. The average Bonchev–Trinajstić information content (AvgIpc) is 3.12. The van der Waals surface area contributed by atoms with Crippen LogP contribution >= 0.6 is 0 Å². The van der Waals surface area contributed by atoms with Gasteiger partial charge in [-0.25, -0.2) is 4.79 Å². The van der Waals surface area contributed by atoms with E-state index in [1.807, 2.05) is 36.4 Å². The molecule has 0 saturated heterocycles. The first kappa shape index (κ1) is 22.0. The number of anilines is 1. The van der Waals surface area contributed by atoms with Gasteiger partial charge in [-0.15, -0.1) is 0 Å². The zero-order chi connectivity index (χ0) is 23.4. The van der Waals surface area contributed by atoms with Crippen molar-refractivity contribution in [3.8, 4) is 11.1 Å². The number of aliphatic carboxylic acids is 1. The molecule has 0 fully saturated rings. The van der Waals surface area contributed by atoms with Crippen LogP contribution in [-0.2, 0) is 20.7 Å². The smallest absolute Gasteiger partial charge is 0.407 e. The minimum Gasteiger partial charge on any atom is -0.481 e. The van der Waals surface area contributed by atoms with E-state index in [1.54, 1.807) is 13.0 Å². The normalized spacial score (nSPS) is 12.9. The molecule has 8 nitrogen and oxygen atoms in total. The number of fused-ring (bicyclic) bond motifs is 3. The minimum absolute atomic E-state index is 0.0670. The number of carboxylic acids is 1. The maximum atomic E-state index is 12.4. The fraction of sp³-hybridized carbons (Fsp3) is 0.200. The largest absolute Gasteiger partial charge is 0.481 e. The van der Waals surface area contributed by atoms with E-state index in [0.29, 0.717) is 11.4 Å². The molecular formula is C25H23N3O5. The maximum Gasteiger partial charge on any atom is 0.407 e. The number of alkyl carbamates (subject to hydrolysis) is 1. The molecule has 0 spiro atoms. The van der Waals surface area contributed by atoms with Gasteiger partial charge in [0, 0.05) is 5.92 Å². The highest BCUT2D eigenvalue weighted by molar-refractivity contribution is 5.96. The van der Waals surface area contributed by atoms with E-state index < -0.39 is 24.0 Å². The monoisotopic (exact) mass is 445 g/mol. The molecule has 1 heterocycles. The maximum absolute atomic E-state index is 12.4. The molecule has 2 amide bonds. The van der Waals surface area contributed by atoms with Crippen LogP contribution in [0.5, 0.6) is 0 Å². The van der Waals surface area contributed by atoms with Gasteiger partial charge in [-0.3, -0.25) is 14.6 Å². The molecule has 3 N–H and O–H groups in total. The van der Waals surface area contributed by atoms with E-state index in [0.717, 1.165) is 22.3 Å². The molecule has 1 atom stereocenters. The summed E-state index contributed by atoms with van der Waals surface area (Å²) in [5.74, 6) is -1.50. The Hall–Kier alpha value is -4.20. The Bertz CT molecular complexity index is 1150. The van der Waals surface area contributed by atoms with Crippen LogP contribution in [0, 0.1) is 0 Å². The summed E-state index contributed by atoms with van der Waals surface area (Å²) >= 11 is 0. The lowest BCUT2D eigenvalue weighted by molar-refractivity contribution is -0.136. The number of rotatable bonds is 7. The Labute approximate surface area is 190 Å². The Morgan fingerprint density at radius 2 is 1.64 bits per heavy atom. The minimum atomic E-state index is -0.986. The van der Waals surface area contributed by atoms with Crippen LogP contribution in [-0.4, -0.2) is 40.7 Å². The van der Waals surface area contributed by atoms with Crippen molar-refractivity contribution in [2.45, 2.75) is 25.3 Å². The third kappa shape index (κ3) is 5.01. The lowest BCUT2D eigenvalue weighted by Crippen LogP contribution is -2.42. The van der Waals surface area contributed by atoms with Crippen LogP contribution in [0.15, 0.2) is 66.9 Å². The Morgan fingerprint density at radius 3 is 2.21 bits per heavy atom. The van der Waals surface area contributed by atoms with E-state index >= 15 is 0 Å². The Balaban J connectivity index is 1.32. The summed E-state index contributed by atoms with van der Waals surface area (Å²) in [7, 11) is 0. The van der Waals surface area contributed by atoms with Gasteiger partial charge in [0.25, 0.3) is 0 Å². The van der Waals surface area contributed by atoms with Crippen LogP contribution < -0.4 is 10.6 Å². The number of hydrogen-bond donors (Lipinski definition) is 3. The van der Waals surface area contributed by atoms with Gasteiger partial charge in [-0.05, 0) is 41.3 Å². The first-order valence-corrected chi connectivity index (χ1v) is 10.5. The summed E-state index contributed by atoms with van der Waals surface area (Å²) in [6.07, 6.45) is 0.485. The highest BCUT2D eigenvalue weighted by Crippen LogP contribution is 2.44. The Morgan fingerprint density at radius 1 is 1.00 bits per heavy atom. The zero-order valence-electron chi connectivity index (χ0n) is 17.9. The van der Waals surface area contributed by atoms with E-state index in [2.05, 4.69) is 27.8 Å². The molecule has 1 aliphatic rings. The highest BCUT2D eigenvalue weighted by atomic mass is 16.5. The van der Waals surface area contributed by atoms with Crippen LogP contribution in [0.1, 0.15) is 29.7 Å². The van der Waals surface area contributed by atoms with Gasteiger partial charge in [0.1, 0.15) is 12.6 Å².